The van der Waals surface area contributed by atoms with Crippen LogP contribution in [0.25, 0.3) is 0 Å². The van der Waals surface area contributed by atoms with Crippen LogP contribution in [0.2, 0.25) is 0 Å². The van der Waals surface area contributed by atoms with Crippen molar-refractivity contribution in [3.05, 3.63) is 30.1 Å². The van der Waals surface area contributed by atoms with E-state index in [1.807, 2.05) is 18.2 Å². The molecule has 0 N–H and O–H groups in total. The summed E-state index contributed by atoms with van der Waals surface area (Å²) in [7, 11) is -3.19. The molecule has 1 aromatic rings. The normalized spacial score (nSPS) is 18.2. The summed E-state index contributed by atoms with van der Waals surface area (Å²) in [6.07, 6.45) is 2.15. The molecule has 0 aromatic carbocycles. The second kappa shape index (κ2) is 7.36. The molecule has 1 aliphatic heterocycles. The van der Waals surface area contributed by atoms with Crippen molar-refractivity contribution >= 4 is 21.6 Å². The highest BCUT2D eigenvalue weighted by atomic mass is 35.5. The van der Waals surface area contributed by atoms with Gasteiger partial charge in [0.15, 0.2) is 0 Å². The van der Waals surface area contributed by atoms with Gasteiger partial charge < -0.3 is 0 Å². The van der Waals surface area contributed by atoms with Crippen molar-refractivity contribution in [2.24, 2.45) is 0 Å². The SMILES string of the molecule is O=S(=O)(CCc1ccccn1)N1CCN(CCCl)CC1. The highest BCUT2D eigenvalue weighted by Crippen LogP contribution is 2.09. The summed E-state index contributed by atoms with van der Waals surface area (Å²) in [5, 5.41) is 0. The number of piperazine rings is 1. The van der Waals surface area contributed by atoms with E-state index in [2.05, 4.69) is 9.88 Å². The molecule has 1 fully saturated rings. The van der Waals surface area contributed by atoms with Gasteiger partial charge in [0.1, 0.15) is 0 Å². The largest absolute Gasteiger partial charge is 0.300 e. The van der Waals surface area contributed by atoms with E-state index in [0.29, 0.717) is 25.4 Å². The van der Waals surface area contributed by atoms with Crippen LogP contribution in [-0.4, -0.2) is 67.0 Å². The summed E-state index contributed by atoms with van der Waals surface area (Å²) < 4.78 is 26.1. The molecular formula is C13H20ClN3O2S. The third-order valence-corrected chi connectivity index (χ3v) is 5.51. The number of aryl methyl sites for hydroxylation is 1. The molecule has 0 aliphatic carbocycles. The summed E-state index contributed by atoms with van der Waals surface area (Å²) in [6, 6.07) is 5.56. The van der Waals surface area contributed by atoms with Gasteiger partial charge in [-0.25, -0.2) is 8.42 Å². The van der Waals surface area contributed by atoms with Gasteiger partial charge in [-0.3, -0.25) is 9.88 Å². The maximum Gasteiger partial charge on any atom is 0.214 e. The lowest BCUT2D eigenvalue weighted by Crippen LogP contribution is -2.49. The zero-order chi connectivity index (χ0) is 14.4. The predicted octanol–water partition coefficient (Wildman–Crippen LogP) is 0.810. The van der Waals surface area contributed by atoms with E-state index >= 15 is 0 Å². The number of halogens is 1. The van der Waals surface area contributed by atoms with Crippen LogP contribution >= 0.6 is 11.6 Å². The molecule has 0 atom stereocenters. The lowest BCUT2D eigenvalue weighted by Gasteiger charge is -2.33. The zero-order valence-electron chi connectivity index (χ0n) is 11.4. The molecule has 2 heterocycles. The zero-order valence-corrected chi connectivity index (χ0v) is 13.0. The standard InChI is InChI=1S/C13H20ClN3O2S/c14-5-7-16-8-10-17(11-9-16)20(18,19)12-4-13-3-1-2-6-15-13/h1-3,6H,4-5,7-12H2. The number of aromatic nitrogens is 1. The van der Waals surface area contributed by atoms with Crippen molar-refractivity contribution in [2.45, 2.75) is 6.42 Å². The molecule has 0 radical (unpaired) electrons. The van der Waals surface area contributed by atoms with Gasteiger partial charge in [0.2, 0.25) is 10.0 Å². The van der Waals surface area contributed by atoms with E-state index in [1.165, 1.54) is 0 Å². The highest BCUT2D eigenvalue weighted by molar-refractivity contribution is 7.89. The van der Waals surface area contributed by atoms with Crippen LogP contribution in [0.3, 0.4) is 0 Å². The number of hydrogen-bond acceptors (Lipinski definition) is 4. The van der Waals surface area contributed by atoms with Gasteiger partial charge in [-0.1, -0.05) is 6.07 Å². The van der Waals surface area contributed by atoms with E-state index < -0.39 is 10.0 Å². The topological polar surface area (TPSA) is 53.5 Å². The van der Waals surface area contributed by atoms with Gasteiger partial charge in [0, 0.05) is 56.9 Å². The lowest BCUT2D eigenvalue weighted by molar-refractivity contribution is 0.197. The Bertz CT molecular complexity index is 502. The van der Waals surface area contributed by atoms with Crippen molar-refractivity contribution in [1.29, 1.82) is 0 Å². The summed E-state index contributed by atoms with van der Waals surface area (Å²) in [6.45, 7) is 3.46. The van der Waals surface area contributed by atoms with E-state index in [0.717, 1.165) is 25.3 Å². The van der Waals surface area contributed by atoms with Crippen molar-refractivity contribution in [3.63, 3.8) is 0 Å². The van der Waals surface area contributed by atoms with E-state index in [1.54, 1.807) is 10.5 Å². The minimum absolute atomic E-state index is 0.125. The fraction of sp³-hybridized carbons (Fsp3) is 0.615. The number of nitrogens with zero attached hydrogens (tertiary/aromatic N) is 3. The summed E-state index contributed by atoms with van der Waals surface area (Å²) >= 11 is 5.70. The van der Waals surface area contributed by atoms with Crippen LogP contribution < -0.4 is 0 Å². The molecule has 1 aromatic heterocycles. The summed E-state index contributed by atoms with van der Waals surface area (Å²) in [4.78, 5) is 6.35. The Balaban J connectivity index is 1.85. The average Bonchev–Trinajstić information content (AvgIpc) is 2.47. The van der Waals surface area contributed by atoms with Crippen molar-refractivity contribution < 1.29 is 8.42 Å². The minimum Gasteiger partial charge on any atom is -0.300 e. The Morgan fingerprint density at radius 2 is 1.95 bits per heavy atom. The Labute approximate surface area is 125 Å². The van der Waals surface area contributed by atoms with Gasteiger partial charge in [0.25, 0.3) is 0 Å². The minimum atomic E-state index is -3.19. The van der Waals surface area contributed by atoms with Crippen LogP contribution in [0.5, 0.6) is 0 Å². The molecule has 2 rings (SSSR count). The third-order valence-electron chi connectivity index (χ3n) is 3.47. The predicted molar refractivity (Wildman–Crippen MR) is 80.5 cm³/mol. The molecule has 112 valence electrons. The fourth-order valence-electron chi connectivity index (χ4n) is 2.26. The second-order valence-corrected chi connectivity index (χ2v) is 7.28. The second-order valence-electron chi connectivity index (χ2n) is 4.82. The Kier molecular flexibility index (Phi) is 5.77. The average molecular weight is 318 g/mol. The first-order valence-electron chi connectivity index (χ1n) is 6.78. The Morgan fingerprint density at radius 3 is 2.55 bits per heavy atom. The Hall–Kier alpha value is -0.690. The van der Waals surface area contributed by atoms with Crippen molar-refractivity contribution in [3.8, 4) is 0 Å². The van der Waals surface area contributed by atoms with Crippen LogP contribution in [0.1, 0.15) is 5.69 Å². The smallest absolute Gasteiger partial charge is 0.214 e. The molecule has 5 nitrogen and oxygen atoms in total. The fourth-order valence-corrected chi connectivity index (χ4v) is 3.94. The number of pyridine rings is 1. The highest BCUT2D eigenvalue weighted by Gasteiger charge is 2.26. The number of alkyl halides is 1. The first kappa shape index (κ1) is 15.7. The monoisotopic (exact) mass is 317 g/mol. The maximum absolute atomic E-state index is 12.3. The van der Waals surface area contributed by atoms with Crippen LogP contribution in [0, 0.1) is 0 Å². The van der Waals surface area contributed by atoms with E-state index in [-0.39, 0.29) is 5.75 Å². The molecule has 0 spiro atoms. The van der Waals surface area contributed by atoms with Crippen molar-refractivity contribution in [1.82, 2.24) is 14.2 Å². The first-order chi connectivity index (χ1) is 9.62. The number of rotatable bonds is 6. The Morgan fingerprint density at radius 1 is 1.20 bits per heavy atom. The molecule has 0 saturated carbocycles. The summed E-state index contributed by atoms with van der Waals surface area (Å²) in [5.41, 5.74) is 0.817. The van der Waals surface area contributed by atoms with Gasteiger partial charge in [0.05, 0.1) is 5.75 Å². The molecule has 7 heteroatoms. The van der Waals surface area contributed by atoms with Crippen LogP contribution in [-0.2, 0) is 16.4 Å². The molecule has 0 bridgehead atoms. The molecule has 0 amide bonds. The van der Waals surface area contributed by atoms with E-state index in [4.69, 9.17) is 11.6 Å². The summed E-state index contributed by atoms with van der Waals surface area (Å²) in [5.74, 6) is 0.714. The molecule has 1 saturated heterocycles. The van der Waals surface area contributed by atoms with Gasteiger partial charge in [-0.15, -0.1) is 11.6 Å². The molecule has 1 aliphatic rings. The van der Waals surface area contributed by atoms with E-state index in [9.17, 15) is 8.42 Å². The van der Waals surface area contributed by atoms with Gasteiger partial charge >= 0.3 is 0 Å². The van der Waals surface area contributed by atoms with Crippen LogP contribution in [0.4, 0.5) is 0 Å². The quantitative estimate of drug-likeness (QED) is 0.729. The lowest BCUT2D eigenvalue weighted by atomic mass is 10.3. The van der Waals surface area contributed by atoms with Gasteiger partial charge in [-0.05, 0) is 12.1 Å². The van der Waals surface area contributed by atoms with Crippen molar-refractivity contribution in [2.75, 3.05) is 44.4 Å². The maximum atomic E-state index is 12.3. The van der Waals surface area contributed by atoms with Crippen LogP contribution in [0.15, 0.2) is 24.4 Å². The molecule has 0 unspecified atom stereocenters. The number of hydrogen-bond donors (Lipinski definition) is 0. The first-order valence-corrected chi connectivity index (χ1v) is 8.92. The van der Waals surface area contributed by atoms with Gasteiger partial charge in [-0.2, -0.15) is 4.31 Å². The molecule has 20 heavy (non-hydrogen) atoms. The third kappa shape index (κ3) is 4.41. The number of sulfonamides is 1. The molecular weight excluding hydrogens is 298 g/mol.